The minimum atomic E-state index is -0.590. The lowest BCUT2D eigenvalue weighted by Crippen LogP contribution is -2.57. The maximum Gasteiger partial charge on any atom is 0.0827 e. The Bertz CT molecular complexity index is 205. The van der Waals surface area contributed by atoms with Crippen LogP contribution in [0.15, 0.2) is 0 Å². The van der Waals surface area contributed by atoms with E-state index in [4.69, 9.17) is 5.73 Å². The Morgan fingerprint density at radius 1 is 1.43 bits per heavy atom. The molecule has 0 aromatic heterocycles. The number of nitrogens with two attached hydrogens (primary N) is 1. The molecule has 0 saturated carbocycles. The molecule has 3 N–H and O–H groups in total. The van der Waals surface area contributed by atoms with Crippen LogP contribution in [0.4, 0.5) is 0 Å². The molecule has 14 heavy (non-hydrogen) atoms. The van der Waals surface area contributed by atoms with Gasteiger partial charge in [0.2, 0.25) is 0 Å². The molecular formula is C11H22N2O. The molecular weight excluding hydrogens is 176 g/mol. The van der Waals surface area contributed by atoms with Gasteiger partial charge >= 0.3 is 0 Å². The summed E-state index contributed by atoms with van der Waals surface area (Å²) in [7, 11) is 2.18. The highest BCUT2D eigenvalue weighted by molar-refractivity contribution is 5.04. The fraction of sp³-hybridized carbons (Fsp3) is 1.00. The molecule has 0 aromatic carbocycles. The zero-order chi connectivity index (χ0) is 10.3. The third-order valence-electron chi connectivity index (χ3n) is 4.29. The minimum absolute atomic E-state index is 0.0423. The summed E-state index contributed by atoms with van der Waals surface area (Å²) in [5.74, 6) is 0. The van der Waals surface area contributed by atoms with E-state index >= 15 is 0 Å². The molecule has 3 unspecified atom stereocenters. The van der Waals surface area contributed by atoms with E-state index in [0.29, 0.717) is 12.1 Å². The zero-order valence-electron chi connectivity index (χ0n) is 9.24. The molecule has 2 rings (SSSR count). The Hall–Kier alpha value is -0.120. The SMILES string of the molecule is CCC(N)C1(O)CC2CCC(C1)N2C. The average Bonchev–Trinajstić information content (AvgIpc) is 2.42. The van der Waals surface area contributed by atoms with Crippen LogP contribution in [0.3, 0.4) is 0 Å². The lowest BCUT2D eigenvalue weighted by molar-refractivity contribution is -0.0625. The van der Waals surface area contributed by atoms with Crippen LogP contribution in [0, 0.1) is 0 Å². The topological polar surface area (TPSA) is 49.5 Å². The number of hydrogen-bond acceptors (Lipinski definition) is 3. The van der Waals surface area contributed by atoms with Crippen molar-refractivity contribution in [1.82, 2.24) is 4.90 Å². The van der Waals surface area contributed by atoms with Gasteiger partial charge in [-0.25, -0.2) is 0 Å². The predicted molar refractivity (Wildman–Crippen MR) is 57.0 cm³/mol. The Morgan fingerprint density at radius 2 is 1.93 bits per heavy atom. The van der Waals surface area contributed by atoms with Gasteiger partial charge in [-0.2, -0.15) is 0 Å². The second-order valence-electron chi connectivity index (χ2n) is 5.08. The summed E-state index contributed by atoms with van der Waals surface area (Å²) >= 11 is 0. The first-order valence-electron chi connectivity index (χ1n) is 5.76. The smallest absolute Gasteiger partial charge is 0.0827 e. The van der Waals surface area contributed by atoms with Crippen molar-refractivity contribution in [3.8, 4) is 0 Å². The molecule has 2 fully saturated rings. The van der Waals surface area contributed by atoms with Crippen LogP contribution in [0.5, 0.6) is 0 Å². The molecule has 0 spiro atoms. The first kappa shape index (κ1) is 10.4. The average molecular weight is 198 g/mol. The van der Waals surface area contributed by atoms with Crippen molar-refractivity contribution in [2.24, 2.45) is 5.73 Å². The van der Waals surface area contributed by atoms with Gasteiger partial charge in [0.25, 0.3) is 0 Å². The number of rotatable bonds is 2. The van der Waals surface area contributed by atoms with E-state index in [1.54, 1.807) is 0 Å². The van der Waals surface area contributed by atoms with E-state index in [2.05, 4.69) is 18.9 Å². The van der Waals surface area contributed by atoms with Gasteiger partial charge < -0.3 is 15.7 Å². The minimum Gasteiger partial charge on any atom is -0.388 e. The molecule has 2 heterocycles. The third kappa shape index (κ3) is 1.47. The molecule has 2 aliphatic rings. The fourth-order valence-electron chi connectivity index (χ4n) is 3.16. The molecule has 2 saturated heterocycles. The lowest BCUT2D eigenvalue weighted by Gasteiger charge is -2.44. The second kappa shape index (κ2) is 3.47. The van der Waals surface area contributed by atoms with Crippen LogP contribution in [0.2, 0.25) is 0 Å². The van der Waals surface area contributed by atoms with E-state index in [1.807, 2.05) is 0 Å². The van der Waals surface area contributed by atoms with Gasteiger partial charge in [0, 0.05) is 18.1 Å². The first-order chi connectivity index (χ1) is 6.57. The Kier molecular flexibility index (Phi) is 2.58. The largest absolute Gasteiger partial charge is 0.388 e. The predicted octanol–water partition coefficient (Wildman–Crippen LogP) is 0.711. The van der Waals surface area contributed by atoms with Crippen LogP contribution >= 0.6 is 0 Å². The molecule has 3 nitrogen and oxygen atoms in total. The summed E-state index contributed by atoms with van der Waals surface area (Å²) in [6, 6.07) is 1.09. The highest BCUT2D eigenvalue weighted by atomic mass is 16.3. The van der Waals surface area contributed by atoms with E-state index in [9.17, 15) is 5.11 Å². The quantitative estimate of drug-likeness (QED) is 0.687. The van der Waals surface area contributed by atoms with E-state index in [0.717, 1.165) is 19.3 Å². The van der Waals surface area contributed by atoms with Crippen LogP contribution in [0.25, 0.3) is 0 Å². The number of piperidine rings is 1. The highest BCUT2D eigenvalue weighted by Crippen LogP contribution is 2.41. The maximum atomic E-state index is 10.5. The van der Waals surface area contributed by atoms with Gasteiger partial charge in [0.05, 0.1) is 5.60 Å². The van der Waals surface area contributed by atoms with Crippen LogP contribution in [0.1, 0.15) is 39.0 Å². The summed E-state index contributed by atoms with van der Waals surface area (Å²) in [6.45, 7) is 2.06. The van der Waals surface area contributed by atoms with Crippen molar-refractivity contribution in [2.75, 3.05) is 7.05 Å². The van der Waals surface area contributed by atoms with E-state index in [-0.39, 0.29) is 6.04 Å². The molecule has 0 aliphatic carbocycles. The molecule has 0 aromatic rings. The van der Waals surface area contributed by atoms with E-state index in [1.165, 1.54) is 12.8 Å². The first-order valence-corrected chi connectivity index (χ1v) is 5.76. The van der Waals surface area contributed by atoms with Gasteiger partial charge in [0.15, 0.2) is 0 Å². The van der Waals surface area contributed by atoms with Crippen LogP contribution in [-0.4, -0.2) is 40.8 Å². The van der Waals surface area contributed by atoms with Gasteiger partial charge in [-0.05, 0) is 39.2 Å². The summed E-state index contributed by atoms with van der Waals surface area (Å²) < 4.78 is 0. The molecule has 0 radical (unpaired) electrons. The molecule has 3 atom stereocenters. The van der Waals surface area contributed by atoms with Gasteiger partial charge in [-0.3, -0.25) is 0 Å². The van der Waals surface area contributed by atoms with Crippen molar-refractivity contribution in [3.63, 3.8) is 0 Å². The molecule has 82 valence electrons. The summed E-state index contributed by atoms with van der Waals surface area (Å²) in [4.78, 5) is 2.43. The maximum absolute atomic E-state index is 10.5. The monoisotopic (exact) mass is 198 g/mol. The van der Waals surface area contributed by atoms with Gasteiger partial charge in [0.1, 0.15) is 0 Å². The molecule has 3 heteroatoms. The standard InChI is InChI=1S/C11H22N2O/c1-3-10(12)11(14)6-8-4-5-9(7-11)13(8)2/h8-10,14H,3-7,12H2,1-2H3. The summed E-state index contributed by atoms with van der Waals surface area (Å²) in [5, 5.41) is 10.5. The number of hydrogen-bond donors (Lipinski definition) is 2. The van der Waals surface area contributed by atoms with Crippen molar-refractivity contribution in [3.05, 3.63) is 0 Å². The van der Waals surface area contributed by atoms with Gasteiger partial charge in [-0.15, -0.1) is 0 Å². The molecule has 2 bridgehead atoms. The fourth-order valence-corrected chi connectivity index (χ4v) is 3.16. The normalized spacial score (nSPS) is 45.4. The van der Waals surface area contributed by atoms with Crippen molar-refractivity contribution in [1.29, 1.82) is 0 Å². The number of fused-ring (bicyclic) bond motifs is 2. The number of aliphatic hydroxyl groups is 1. The lowest BCUT2D eigenvalue weighted by atomic mass is 9.80. The molecule has 0 amide bonds. The number of nitrogens with zero attached hydrogens (tertiary/aromatic N) is 1. The van der Waals surface area contributed by atoms with Crippen LogP contribution in [-0.2, 0) is 0 Å². The van der Waals surface area contributed by atoms with Crippen molar-refractivity contribution < 1.29 is 5.11 Å². The summed E-state index contributed by atoms with van der Waals surface area (Å²) in [5.41, 5.74) is 5.42. The highest BCUT2D eigenvalue weighted by Gasteiger charge is 2.48. The summed E-state index contributed by atoms with van der Waals surface area (Å²) in [6.07, 6.45) is 5.09. The van der Waals surface area contributed by atoms with E-state index < -0.39 is 5.60 Å². The Labute approximate surface area is 86.3 Å². The van der Waals surface area contributed by atoms with Gasteiger partial charge in [-0.1, -0.05) is 6.92 Å². The second-order valence-corrected chi connectivity index (χ2v) is 5.08. The third-order valence-corrected chi connectivity index (χ3v) is 4.29. The molecule has 2 aliphatic heterocycles. The Morgan fingerprint density at radius 3 is 2.36 bits per heavy atom. The Balaban J connectivity index is 2.11. The van der Waals surface area contributed by atoms with Crippen LogP contribution < -0.4 is 5.73 Å². The van der Waals surface area contributed by atoms with Crippen molar-refractivity contribution >= 4 is 0 Å². The van der Waals surface area contributed by atoms with Crippen molar-refractivity contribution in [2.45, 2.75) is 62.8 Å². The zero-order valence-corrected chi connectivity index (χ0v) is 9.24.